The summed E-state index contributed by atoms with van der Waals surface area (Å²) in [5.41, 5.74) is 2.82. The van der Waals surface area contributed by atoms with Crippen LogP contribution in [-0.4, -0.2) is 10.9 Å². The quantitative estimate of drug-likeness (QED) is 0.353. The van der Waals surface area contributed by atoms with Gasteiger partial charge in [0.05, 0.1) is 11.4 Å². The summed E-state index contributed by atoms with van der Waals surface area (Å²) in [4.78, 5) is 21.6. The average Bonchev–Trinajstić information content (AvgIpc) is 3.19. The zero-order chi connectivity index (χ0) is 21.1. The maximum atomic E-state index is 13.7. The Kier molecular flexibility index (Phi) is 6.91. The van der Waals surface area contributed by atoms with Crippen LogP contribution in [0.1, 0.15) is 43.9 Å². The maximum Gasteiger partial charge on any atom is 0.236 e. The third kappa shape index (κ3) is 4.63. The van der Waals surface area contributed by atoms with Gasteiger partial charge in [-0.2, -0.15) is 0 Å². The molecule has 156 valence electrons. The van der Waals surface area contributed by atoms with Gasteiger partial charge in [0.25, 0.3) is 0 Å². The first-order valence-corrected chi connectivity index (χ1v) is 12.4. The molecule has 0 saturated heterocycles. The standard InChI is InChI=1S/C24H24BrClN2OS/c1-2-21-22(16-11-13-19(26)14-12-16)27-24(30-21)28(20-10-6-9-18(25)15-20)23(29)17-7-4-3-5-8-17/h6,9-15,17H,2-5,7-8H2,1H3. The van der Waals surface area contributed by atoms with Gasteiger partial charge in [0.2, 0.25) is 5.91 Å². The number of benzene rings is 2. The number of carbonyl (C=O) groups excluding carboxylic acids is 1. The zero-order valence-corrected chi connectivity index (χ0v) is 20.1. The minimum absolute atomic E-state index is 0.0608. The second-order valence-electron chi connectivity index (χ2n) is 7.62. The van der Waals surface area contributed by atoms with Crippen LogP contribution in [0.2, 0.25) is 5.02 Å². The first kappa shape index (κ1) is 21.5. The van der Waals surface area contributed by atoms with E-state index in [9.17, 15) is 4.79 Å². The topological polar surface area (TPSA) is 33.2 Å². The molecule has 1 aromatic heterocycles. The second kappa shape index (κ2) is 9.63. The third-order valence-corrected chi connectivity index (χ3v) is 7.49. The van der Waals surface area contributed by atoms with Gasteiger partial charge in [-0.1, -0.05) is 71.9 Å². The van der Waals surface area contributed by atoms with Crippen molar-refractivity contribution < 1.29 is 4.79 Å². The molecule has 1 saturated carbocycles. The van der Waals surface area contributed by atoms with E-state index < -0.39 is 0 Å². The van der Waals surface area contributed by atoms with E-state index in [1.54, 1.807) is 11.3 Å². The Morgan fingerprint density at radius 3 is 2.57 bits per heavy atom. The first-order valence-electron chi connectivity index (χ1n) is 10.4. The van der Waals surface area contributed by atoms with E-state index in [-0.39, 0.29) is 11.8 Å². The lowest BCUT2D eigenvalue weighted by Crippen LogP contribution is -2.33. The van der Waals surface area contributed by atoms with Crippen molar-refractivity contribution in [2.75, 3.05) is 4.90 Å². The van der Waals surface area contributed by atoms with E-state index in [1.807, 2.05) is 53.4 Å². The number of nitrogens with zero attached hydrogens (tertiary/aromatic N) is 2. The predicted molar refractivity (Wildman–Crippen MR) is 130 cm³/mol. The summed E-state index contributed by atoms with van der Waals surface area (Å²) in [6.45, 7) is 2.13. The number of hydrogen-bond acceptors (Lipinski definition) is 3. The Balaban J connectivity index is 1.78. The highest BCUT2D eigenvalue weighted by molar-refractivity contribution is 9.10. The fraction of sp³-hybridized carbons (Fsp3) is 0.333. The van der Waals surface area contributed by atoms with Gasteiger partial charge in [-0.3, -0.25) is 9.69 Å². The van der Waals surface area contributed by atoms with Gasteiger partial charge in [0, 0.05) is 25.9 Å². The van der Waals surface area contributed by atoms with E-state index in [1.165, 1.54) is 11.3 Å². The van der Waals surface area contributed by atoms with Crippen molar-refractivity contribution in [3.63, 3.8) is 0 Å². The lowest BCUT2D eigenvalue weighted by Gasteiger charge is -2.28. The fourth-order valence-electron chi connectivity index (χ4n) is 3.99. The monoisotopic (exact) mass is 502 g/mol. The molecule has 3 nitrogen and oxygen atoms in total. The van der Waals surface area contributed by atoms with Crippen LogP contribution in [0.3, 0.4) is 0 Å². The summed E-state index contributed by atoms with van der Waals surface area (Å²) in [5.74, 6) is 0.220. The summed E-state index contributed by atoms with van der Waals surface area (Å²) in [6, 6.07) is 15.7. The van der Waals surface area contributed by atoms with Crippen LogP contribution in [0.4, 0.5) is 10.8 Å². The van der Waals surface area contributed by atoms with Crippen molar-refractivity contribution >= 4 is 55.6 Å². The molecule has 0 radical (unpaired) electrons. The lowest BCUT2D eigenvalue weighted by molar-refractivity contribution is -0.122. The number of carbonyl (C=O) groups is 1. The molecule has 30 heavy (non-hydrogen) atoms. The Labute approximate surface area is 195 Å². The maximum absolute atomic E-state index is 13.7. The Bertz CT molecular complexity index is 1030. The number of aryl methyl sites for hydroxylation is 1. The van der Waals surface area contributed by atoms with Crippen molar-refractivity contribution in [2.45, 2.75) is 45.4 Å². The Morgan fingerprint density at radius 2 is 1.90 bits per heavy atom. The summed E-state index contributed by atoms with van der Waals surface area (Å²) >= 11 is 11.2. The Morgan fingerprint density at radius 1 is 1.17 bits per heavy atom. The molecule has 0 bridgehead atoms. The van der Waals surface area contributed by atoms with Gasteiger partial charge in [-0.05, 0) is 49.6 Å². The molecular weight excluding hydrogens is 480 g/mol. The van der Waals surface area contributed by atoms with Crippen molar-refractivity contribution in [1.82, 2.24) is 4.98 Å². The molecule has 0 N–H and O–H groups in total. The minimum atomic E-state index is 0.0608. The molecule has 1 heterocycles. The molecule has 2 aromatic carbocycles. The van der Waals surface area contributed by atoms with Crippen molar-refractivity contribution in [3.8, 4) is 11.3 Å². The summed E-state index contributed by atoms with van der Waals surface area (Å²) in [5, 5.41) is 1.45. The third-order valence-electron chi connectivity index (χ3n) is 5.56. The number of aromatic nitrogens is 1. The molecule has 0 unspecified atom stereocenters. The molecule has 0 atom stereocenters. The van der Waals surface area contributed by atoms with Gasteiger partial charge < -0.3 is 0 Å². The van der Waals surface area contributed by atoms with Crippen molar-refractivity contribution in [1.29, 1.82) is 0 Å². The molecule has 1 aliphatic carbocycles. The smallest absolute Gasteiger partial charge is 0.236 e. The van der Waals surface area contributed by atoms with Gasteiger partial charge in [0.1, 0.15) is 0 Å². The van der Waals surface area contributed by atoms with Gasteiger partial charge in [-0.25, -0.2) is 4.98 Å². The molecule has 0 aliphatic heterocycles. The fourth-order valence-corrected chi connectivity index (χ4v) is 5.55. The predicted octanol–water partition coefficient (Wildman–Crippen LogP) is 8.03. The van der Waals surface area contributed by atoms with Crippen LogP contribution in [0.15, 0.2) is 53.0 Å². The second-order valence-corrected chi connectivity index (χ2v) is 10.0. The Hall–Kier alpha value is -1.69. The molecule has 0 spiro atoms. The molecule has 3 aromatic rings. The SMILES string of the molecule is CCc1sc(N(C(=O)C2CCCCC2)c2cccc(Br)c2)nc1-c1ccc(Cl)cc1. The highest BCUT2D eigenvalue weighted by Crippen LogP contribution is 2.39. The molecule has 1 amide bonds. The van der Waals surface area contributed by atoms with Crippen LogP contribution < -0.4 is 4.90 Å². The van der Waals surface area contributed by atoms with E-state index in [4.69, 9.17) is 16.6 Å². The summed E-state index contributed by atoms with van der Waals surface area (Å²) < 4.78 is 0.951. The average molecular weight is 504 g/mol. The van der Waals surface area contributed by atoms with Crippen molar-refractivity contribution in [3.05, 3.63) is 62.9 Å². The normalized spacial score (nSPS) is 14.6. The molecule has 6 heteroatoms. The number of amides is 1. The number of thiazole rings is 1. The number of anilines is 2. The first-order chi connectivity index (χ1) is 14.6. The zero-order valence-electron chi connectivity index (χ0n) is 16.9. The highest BCUT2D eigenvalue weighted by Gasteiger charge is 2.30. The molecule has 1 aliphatic rings. The van der Waals surface area contributed by atoms with Crippen LogP contribution in [0.25, 0.3) is 11.3 Å². The van der Waals surface area contributed by atoms with Gasteiger partial charge in [0.15, 0.2) is 5.13 Å². The molecule has 4 rings (SSSR count). The van der Waals surface area contributed by atoms with Crippen LogP contribution in [0, 0.1) is 5.92 Å². The van der Waals surface area contributed by atoms with Crippen molar-refractivity contribution in [2.24, 2.45) is 5.92 Å². The summed E-state index contributed by atoms with van der Waals surface area (Å²) in [6.07, 6.45) is 6.24. The van der Waals surface area contributed by atoms with E-state index in [0.717, 1.165) is 58.7 Å². The van der Waals surface area contributed by atoms with Gasteiger partial charge in [-0.15, -0.1) is 11.3 Å². The summed E-state index contributed by atoms with van der Waals surface area (Å²) in [7, 11) is 0. The minimum Gasteiger partial charge on any atom is -0.274 e. The highest BCUT2D eigenvalue weighted by atomic mass is 79.9. The number of hydrogen-bond donors (Lipinski definition) is 0. The van der Waals surface area contributed by atoms with Crippen LogP contribution in [0.5, 0.6) is 0 Å². The largest absolute Gasteiger partial charge is 0.274 e. The molecule has 1 fully saturated rings. The van der Waals surface area contributed by atoms with Crippen LogP contribution in [-0.2, 0) is 11.2 Å². The van der Waals surface area contributed by atoms with Gasteiger partial charge >= 0.3 is 0 Å². The number of halogens is 2. The molecular formula is C24H24BrClN2OS. The van der Waals surface area contributed by atoms with E-state index in [2.05, 4.69) is 22.9 Å². The van der Waals surface area contributed by atoms with E-state index >= 15 is 0 Å². The number of rotatable bonds is 5. The van der Waals surface area contributed by atoms with E-state index in [0.29, 0.717) is 5.02 Å². The van der Waals surface area contributed by atoms with Crippen LogP contribution >= 0.6 is 38.9 Å². The lowest BCUT2D eigenvalue weighted by atomic mass is 9.88.